The lowest BCUT2D eigenvalue weighted by atomic mass is 10.2. The summed E-state index contributed by atoms with van der Waals surface area (Å²) in [5.41, 5.74) is 0. The van der Waals surface area contributed by atoms with Crippen LogP contribution in [0, 0.1) is 0 Å². The average Bonchev–Trinajstić information content (AvgIpc) is 2.18. The smallest absolute Gasteiger partial charge is 0.0189 e. The Balaban J connectivity index is 3.43. The van der Waals surface area contributed by atoms with Crippen LogP contribution in [0.2, 0.25) is 0 Å². The molecule has 14 heavy (non-hydrogen) atoms. The van der Waals surface area contributed by atoms with Gasteiger partial charge in [0.2, 0.25) is 0 Å². The van der Waals surface area contributed by atoms with E-state index in [9.17, 15) is 0 Å². The van der Waals surface area contributed by atoms with Gasteiger partial charge in [0.05, 0.1) is 0 Å². The summed E-state index contributed by atoms with van der Waals surface area (Å²) in [7, 11) is 2.20. The second kappa shape index (κ2) is 9.22. The summed E-state index contributed by atoms with van der Waals surface area (Å²) >= 11 is 0. The summed E-state index contributed by atoms with van der Waals surface area (Å²) in [5, 5.41) is 3.35. The van der Waals surface area contributed by atoms with Crippen molar-refractivity contribution in [3.05, 3.63) is 12.7 Å². The van der Waals surface area contributed by atoms with Gasteiger partial charge >= 0.3 is 0 Å². The lowest BCUT2D eigenvalue weighted by molar-refractivity contribution is 0.247. The minimum atomic E-state index is 0.617. The van der Waals surface area contributed by atoms with Crippen LogP contribution in [0.25, 0.3) is 0 Å². The van der Waals surface area contributed by atoms with Crippen LogP contribution in [-0.2, 0) is 0 Å². The molecule has 0 aromatic carbocycles. The summed E-state index contributed by atoms with van der Waals surface area (Å²) in [4.78, 5) is 2.42. The molecule has 0 radical (unpaired) electrons. The first-order chi connectivity index (χ1) is 6.72. The van der Waals surface area contributed by atoms with Gasteiger partial charge in [-0.2, -0.15) is 0 Å². The first-order valence-electron chi connectivity index (χ1n) is 5.74. The third-order valence-electron chi connectivity index (χ3n) is 2.60. The number of nitrogens with one attached hydrogen (secondary N) is 1. The van der Waals surface area contributed by atoms with Crippen molar-refractivity contribution >= 4 is 0 Å². The van der Waals surface area contributed by atoms with E-state index in [1.165, 1.54) is 25.8 Å². The molecule has 2 nitrogen and oxygen atoms in total. The van der Waals surface area contributed by atoms with E-state index in [4.69, 9.17) is 0 Å². The van der Waals surface area contributed by atoms with E-state index in [-0.39, 0.29) is 0 Å². The summed E-state index contributed by atoms with van der Waals surface area (Å²) < 4.78 is 0. The summed E-state index contributed by atoms with van der Waals surface area (Å²) in [5.74, 6) is 0. The molecular formula is C12H26N2. The van der Waals surface area contributed by atoms with Gasteiger partial charge in [0.1, 0.15) is 0 Å². The maximum absolute atomic E-state index is 3.69. The highest BCUT2D eigenvalue weighted by atomic mass is 15.1. The van der Waals surface area contributed by atoms with Gasteiger partial charge in [-0.1, -0.05) is 25.8 Å². The lowest BCUT2D eigenvalue weighted by Gasteiger charge is -2.24. The topological polar surface area (TPSA) is 15.3 Å². The fraction of sp³-hybridized carbons (Fsp3) is 0.833. The van der Waals surface area contributed by atoms with E-state index in [1.54, 1.807) is 0 Å². The number of likely N-dealkylation sites (N-methyl/N-ethyl adjacent to an activating group) is 1. The molecule has 0 bridgehead atoms. The van der Waals surface area contributed by atoms with Crippen LogP contribution in [0.4, 0.5) is 0 Å². The van der Waals surface area contributed by atoms with E-state index in [0.29, 0.717) is 6.04 Å². The third-order valence-corrected chi connectivity index (χ3v) is 2.60. The Labute approximate surface area is 89.4 Å². The highest BCUT2D eigenvalue weighted by molar-refractivity contribution is 4.73. The first kappa shape index (κ1) is 13.7. The predicted octanol–water partition coefficient (Wildman–Crippen LogP) is 2.27. The zero-order valence-corrected chi connectivity index (χ0v) is 10.1. The van der Waals surface area contributed by atoms with Crippen molar-refractivity contribution in [1.29, 1.82) is 0 Å². The summed E-state index contributed by atoms with van der Waals surface area (Å²) in [6, 6.07) is 0.617. The van der Waals surface area contributed by atoms with Gasteiger partial charge in [-0.3, -0.25) is 0 Å². The van der Waals surface area contributed by atoms with E-state index >= 15 is 0 Å². The Morgan fingerprint density at radius 2 is 2.14 bits per heavy atom. The molecule has 0 aliphatic carbocycles. The van der Waals surface area contributed by atoms with E-state index in [1.807, 2.05) is 6.08 Å². The molecule has 84 valence electrons. The van der Waals surface area contributed by atoms with E-state index < -0.39 is 0 Å². The fourth-order valence-corrected chi connectivity index (χ4v) is 1.38. The second-order valence-electron chi connectivity index (χ2n) is 3.98. The molecule has 0 saturated heterocycles. The molecule has 0 amide bonds. The molecule has 0 aliphatic rings. The maximum Gasteiger partial charge on any atom is 0.0189 e. The molecule has 0 aliphatic heterocycles. The summed E-state index contributed by atoms with van der Waals surface area (Å²) in [6.07, 6.45) is 5.87. The van der Waals surface area contributed by atoms with Crippen LogP contribution in [-0.4, -0.2) is 37.6 Å². The molecule has 0 fully saturated rings. The molecule has 0 saturated carbocycles. The SMILES string of the molecule is C=CCNCC(C)N(C)CCCCC. The minimum Gasteiger partial charge on any atom is -0.312 e. The van der Waals surface area contributed by atoms with Crippen molar-refractivity contribution in [3.8, 4) is 0 Å². The summed E-state index contributed by atoms with van der Waals surface area (Å²) in [6.45, 7) is 11.4. The van der Waals surface area contributed by atoms with Crippen LogP contribution in [0.5, 0.6) is 0 Å². The second-order valence-corrected chi connectivity index (χ2v) is 3.98. The largest absolute Gasteiger partial charge is 0.312 e. The van der Waals surface area contributed by atoms with Gasteiger partial charge in [-0.15, -0.1) is 6.58 Å². The molecule has 0 heterocycles. The molecule has 1 N–H and O–H groups in total. The average molecular weight is 198 g/mol. The minimum absolute atomic E-state index is 0.617. The highest BCUT2D eigenvalue weighted by Crippen LogP contribution is 2.00. The quantitative estimate of drug-likeness (QED) is 0.452. The van der Waals surface area contributed by atoms with Gasteiger partial charge in [0.15, 0.2) is 0 Å². The van der Waals surface area contributed by atoms with Gasteiger partial charge in [-0.05, 0) is 26.9 Å². The number of unbranched alkanes of at least 4 members (excludes halogenated alkanes) is 2. The normalized spacial score (nSPS) is 13.1. The Morgan fingerprint density at radius 1 is 1.43 bits per heavy atom. The molecule has 0 aromatic rings. The number of hydrogen-bond donors (Lipinski definition) is 1. The van der Waals surface area contributed by atoms with Crippen LogP contribution in [0.3, 0.4) is 0 Å². The highest BCUT2D eigenvalue weighted by Gasteiger charge is 2.06. The number of nitrogens with zero attached hydrogens (tertiary/aromatic N) is 1. The Kier molecular flexibility index (Phi) is 9.00. The van der Waals surface area contributed by atoms with Crippen LogP contribution in [0.1, 0.15) is 33.1 Å². The van der Waals surface area contributed by atoms with Crippen molar-refractivity contribution in [1.82, 2.24) is 10.2 Å². The lowest BCUT2D eigenvalue weighted by Crippen LogP contribution is -2.38. The molecule has 2 heteroatoms. The van der Waals surface area contributed by atoms with Gasteiger partial charge in [-0.25, -0.2) is 0 Å². The van der Waals surface area contributed by atoms with Crippen LogP contribution >= 0.6 is 0 Å². The standard InChI is InChI=1S/C12H26N2/c1-5-7-8-10-14(4)12(3)11-13-9-6-2/h6,12-13H,2,5,7-11H2,1,3-4H3. The van der Waals surface area contributed by atoms with E-state index in [0.717, 1.165) is 13.1 Å². The molecular weight excluding hydrogens is 172 g/mol. The van der Waals surface area contributed by atoms with Crippen molar-refractivity contribution < 1.29 is 0 Å². The fourth-order valence-electron chi connectivity index (χ4n) is 1.38. The van der Waals surface area contributed by atoms with Crippen molar-refractivity contribution in [2.75, 3.05) is 26.7 Å². The van der Waals surface area contributed by atoms with E-state index in [2.05, 4.69) is 37.7 Å². The maximum atomic E-state index is 3.69. The monoisotopic (exact) mass is 198 g/mol. The molecule has 1 unspecified atom stereocenters. The van der Waals surface area contributed by atoms with Gasteiger partial charge in [0.25, 0.3) is 0 Å². The Bertz CT molecular complexity index is 134. The zero-order valence-electron chi connectivity index (χ0n) is 10.1. The van der Waals surface area contributed by atoms with Gasteiger partial charge < -0.3 is 10.2 Å². The van der Waals surface area contributed by atoms with Gasteiger partial charge in [0, 0.05) is 19.1 Å². The predicted molar refractivity (Wildman–Crippen MR) is 64.7 cm³/mol. The molecule has 0 spiro atoms. The molecule has 1 atom stereocenters. The third kappa shape index (κ3) is 7.10. The Hall–Kier alpha value is -0.340. The van der Waals surface area contributed by atoms with Crippen molar-refractivity contribution in [2.24, 2.45) is 0 Å². The Morgan fingerprint density at radius 3 is 2.71 bits per heavy atom. The number of rotatable bonds is 9. The first-order valence-corrected chi connectivity index (χ1v) is 5.74. The van der Waals surface area contributed by atoms with Crippen LogP contribution < -0.4 is 5.32 Å². The van der Waals surface area contributed by atoms with Crippen molar-refractivity contribution in [3.63, 3.8) is 0 Å². The zero-order chi connectivity index (χ0) is 10.8. The van der Waals surface area contributed by atoms with Crippen LogP contribution in [0.15, 0.2) is 12.7 Å². The molecule has 0 aromatic heterocycles. The molecule has 0 rings (SSSR count). The van der Waals surface area contributed by atoms with Crippen molar-refractivity contribution in [2.45, 2.75) is 39.2 Å². The number of hydrogen-bond acceptors (Lipinski definition) is 2.